The molecule has 0 aromatic heterocycles. The molecular weight excluding hydrogens is 408 g/mol. The van der Waals surface area contributed by atoms with E-state index in [9.17, 15) is 14.7 Å². The molecule has 0 heterocycles. The lowest BCUT2D eigenvalue weighted by Gasteiger charge is -2.18. The number of nitrogens with one attached hydrogen (secondary N) is 2. The summed E-state index contributed by atoms with van der Waals surface area (Å²) < 4.78 is 0. The molecule has 1 unspecified atom stereocenters. The number of carbonyl (C=O) groups is 2. The van der Waals surface area contributed by atoms with Crippen LogP contribution in [0.4, 0.5) is 0 Å². The van der Waals surface area contributed by atoms with Gasteiger partial charge in [0.05, 0.1) is 32.7 Å². The lowest BCUT2D eigenvalue weighted by atomic mass is 10.0. The van der Waals surface area contributed by atoms with Gasteiger partial charge in [-0.3, -0.25) is 4.79 Å². The molecule has 0 aliphatic carbocycles. The van der Waals surface area contributed by atoms with Crippen molar-refractivity contribution in [2.45, 2.75) is 122 Å². The van der Waals surface area contributed by atoms with Crippen molar-refractivity contribution in [3.63, 3.8) is 0 Å². The van der Waals surface area contributed by atoms with Crippen molar-refractivity contribution in [2.75, 3.05) is 26.4 Å². The minimum atomic E-state index is -1.23. The zero-order chi connectivity index (χ0) is 23.2. The van der Waals surface area contributed by atoms with Gasteiger partial charge in [0, 0.05) is 6.42 Å². The lowest BCUT2D eigenvalue weighted by Crippen LogP contribution is -3.05. The van der Waals surface area contributed by atoms with E-state index >= 15 is 0 Å². The van der Waals surface area contributed by atoms with E-state index in [1.165, 1.54) is 90.0 Å². The second-order valence-corrected chi connectivity index (χ2v) is 9.76. The SMILES string of the molecule is C[NH+](C)CCCCCCCCCCCCCCCCCCC(=O)NC(CCS)C(=O)[O-]. The molecule has 184 valence electrons. The summed E-state index contributed by atoms with van der Waals surface area (Å²) in [4.78, 5) is 24.3. The van der Waals surface area contributed by atoms with Crippen LogP contribution < -0.4 is 15.3 Å². The molecule has 0 aliphatic heterocycles. The highest BCUT2D eigenvalue weighted by Gasteiger charge is 2.12. The monoisotopic (exact) mass is 458 g/mol. The van der Waals surface area contributed by atoms with Crippen LogP contribution in [0.3, 0.4) is 0 Å². The number of thiol groups is 1. The summed E-state index contributed by atoms with van der Waals surface area (Å²) in [7, 11) is 4.46. The minimum Gasteiger partial charge on any atom is -0.548 e. The Labute approximate surface area is 197 Å². The molecule has 0 bridgehead atoms. The molecule has 0 spiro atoms. The van der Waals surface area contributed by atoms with Gasteiger partial charge < -0.3 is 20.1 Å². The molecule has 1 atom stereocenters. The second kappa shape index (κ2) is 22.4. The van der Waals surface area contributed by atoms with Crippen LogP contribution in [0.2, 0.25) is 0 Å². The van der Waals surface area contributed by atoms with Crippen molar-refractivity contribution in [3.8, 4) is 0 Å². The standard InChI is InChI=1S/C25H50N2O3S/c1-27(2)21-18-16-14-12-10-8-6-4-3-5-7-9-11-13-15-17-19-24(28)26-23(20-22-31)25(29)30/h23,31H,3-22H2,1-2H3,(H,26,28)(H,29,30). The second-order valence-electron chi connectivity index (χ2n) is 9.32. The first-order valence-corrected chi connectivity index (χ1v) is 13.5. The van der Waals surface area contributed by atoms with Gasteiger partial charge in [-0.25, -0.2) is 0 Å². The van der Waals surface area contributed by atoms with Gasteiger partial charge in [-0.05, 0) is 31.4 Å². The van der Waals surface area contributed by atoms with Gasteiger partial charge in [0.25, 0.3) is 0 Å². The highest BCUT2D eigenvalue weighted by molar-refractivity contribution is 7.80. The molecule has 5 nitrogen and oxygen atoms in total. The Hall–Kier alpha value is -0.750. The molecule has 6 heteroatoms. The number of unbranched alkanes of at least 4 members (excludes halogenated alkanes) is 15. The van der Waals surface area contributed by atoms with Crippen molar-refractivity contribution in [2.24, 2.45) is 0 Å². The van der Waals surface area contributed by atoms with Crippen molar-refractivity contribution < 1.29 is 19.6 Å². The Morgan fingerprint density at radius 2 is 1.13 bits per heavy atom. The predicted molar refractivity (Wildman–Crippen MR) is 132 cm³/mol. The maximum Gasteiger partial charge on any atom is 0.220 e. The van der Waals surface area contributed by atoms with E-state index in [0.29, 0.717) is 18.6 Å². The highest BCUT2D eigenvalue weighted by atomic mass is 32.1. The van der Waals surface area contributed by atoms with Crippen LogP contribution in [0, 0.1) is 0 Å². The number of hydrogen-bond donors (Lipinski definition) is 3. The Morgan fingerprint density at radius 3 is 1.48 bits per heavy atom. The van der Waals surface area contributed by atoms with Crippen LogP contribution >= 0.6 is 12.6 Å². The fourth-order valence-corrected chi connectivity index (χ4v) is 4.14. The summed E-state index contributed by atoms with van der Waals surface area (Å²) in [6, 6.07) is -0.913. The Balaban J connectivity index is 3.28. The Bertz CT molecular complexity index is 433. The third-order valence-electron chi connectivity index (χ3n) is 5.87. The van der Waals surface area contributed by atoms with Gasteiger partial charge in [0.2, 0.25) is 5.91 Å². The summed E-state index contributed by atoms with van der Waals surface area (Å²) in [5, 5.41) is 13.4. The maximum atomic E-state index is 11.8. The van der Waals surface area contributed by atoms with Crippen LogP contribution in [-0.4, -0.2) is 44.3 Å². The largest absolute Gasteiger partial charge is 0.548 e. The summed E-state index contributed by atoms with van der Waals surface area (Å²) in [6.45, 7) is 1.31. The quantitative estimate of drug-likeness (QED) is 0.162. The van der Waals surface area contributed by atoms with E-state index < -0.39 is 12.0 Å². The van der Waals surface area contributed by atoms with Crippen molar-refractivity contribution in [1.29, 1.82) is 0 Å². The van der Waals surface area contributed by atoms with E-state index in [1.807, 2.05) is 0 Å². The number of hydrogen-bond acceptors (Lipinski definition) is 4. The van der Waals surface area contributed by atoms with Crippen molar-refractivity contribution in [3.05, 3.63) is 0 Å². The number of carboxylic acids is 1. The molecule has 0 fully saturated rings. The van der Waals surface area contributed by atoms with Crippen LogP contribution in [0.25, 0.3) is 0 Å². The molecule has 0 rings (SSSR count). The number of rotatable bonds is 23. The molecule has 0 aromatic rings. The van der Waals surface area contributed by atoms with Gasteiger partial charge in [-0.15, -0.1) is 0 Å². The molecule has 1 amide bonds. The van der Waals surface area contributed by atoms with Gasteiger partial charge in [-0.1, -0.05) is 83.5 Å². The lowest BCUT2D eigenvalue weighted by molar-refractivity contribution is -0.858. The third-order valence-corrected chi connectivity index (χ3v) is 6.13. The smallest absolute Gasteiger partial charge is 0.220 e. The number of carboxylic acid groups (broad SMARTS) is 1. The summed E-state index contributed by atoms with van der Waals surface area (Å²) in [5.41, 5.74) is 0. The van der Waals surface area contributed by atoms with E-state index in [-0.39, 0.29) is 5.91 Å². The molecule has 31 heavy (non-hydrogen) atoms. The van der Waals surface area contributed by atoms with Crippen LogP contribution in [0.15, 0.2) is 0 Å². The van der Waals surface area contributed by atoms with Gasteiger partial charge in [0.1, 0.15) is 0 Å². The first-order valence-electron chi connectivity index (χ1n) is 12.9. The molecule has 0 aliphatic rings. The zero-order valence-corrected chi connectivity index (χ0v) is 21.3. The van der Waals surface area contributed by atoms with E-state index in [1.54, 1.807) is 4.90 Å². The van der Waals surface area contributed by atoms with Crippen molar-refractivity contribution in [1.82, 2.24) is 5.32 Å². The van der Waals surface area contributed by atoms with Gasteiger partial charge in [0.15, 0.2) is 0 Å². The van der Waals surface area contributed by atoms with Gasteiger partial charge >= 0.3 is 0 Å². The first kappa shape index (κ1) is 30.2. The summed E-state index contributed by atoms with van der Waals surface area (Å²) in [6.07, 6.45) is 21.5. The summed E-state index contributed by atoms with van der Waals surface area (Å²) >= 11 is 4.01. The van der Waals surface area contributed by atoms with Crippen molar-refractivity contribution >= 4 is 24.5 Å². The Morgan fingerprint density at radius 1 is 0.742 bits per heavy atom. The minimum absolute atomic E-state index is 0.193. The van der Waals surface area contributed by atoms with E-state index in [2.05, 4.69) is 32.0 Å². The van der Waals surface area contributed by atoms with Crippen LogP contribution in [0.5, 0.6) is 0 Å². The number of carbonyl (C=O) groups excluding carboxylic acids is 2. The number of amides is 1. The van der Waals surface area contributed by atoms with Crippen LogP contribution in [-0.2, 0) is 9.59 Å². The highest BCUT2D eigenvalue weighted by Crippen LogP contribution is 2.14. The molecule has 0 radical (unpaired) electrons. The third kappa shape index (κ3) is 22.2. The average Bonchev–Trinajstić information content (AvgIpc) is 2.72. The molecule has 2 N–H and O–H groups in total. The first-order chi connectivity index (χ1) is 15.0. The summed E-state index contributed by atoms with van der Waals surface area (Å²) in [5.74, 6) is -1.01. The van der Waals surface area contributed by atoms with Gasteiger partial charge in [-0.2, -0.15) is 12.6 Å². The topological polar surface area (TPSA) is 73.7 Å². The maximum absolute atomic E-state index is 11.8. The van der Waals surface area contributed by atoms with E-state index in [0.717, 1.165) is 19.3 Å². The van der Waals surface area contributed by atoms with E-state index in [4.69, 9.17) is 0 Å². The number of aliphatic carboxylic acids is 1. The number of quaternary nitrogens is 1. The molecule has 0 aromatic carbocycles. The molecule has 0 saturated carbocycles. The molecular formula is C25H50N2O3S. The fourth-order valence-electron chi connectivity index (χ4n) is 3.88. The van der Waals surface area contributed by atoms with Crippen LogP contribution in [0.1, 0.15) is 116 Å². The average molecular weight is 459 g/mol. The Kier molecular flexibility index (Phi) is 21.9. The zero-order valence-electron chi connectivity index (χ0n) is 20.4. The predicted octanol–water partition coefficient (Wildman–Crippen LogP) is 3.32. The fraction of sp³-hybridized carbons (Fsp3) is 0.920. The normalized spacial score (nSPS) is 12.3. The molecule has 0 saturated heterocycles.